The van der Waals surface area contributed by atoms with Crippen LogP contribution in [0.1, 0.15) is 76.8 Å². The van der Waals surface area contributed by atoms with Crippen LogP contribution in [0, 0.1) is 17.8 Å². The van der Waals surface area contributed by atoms with Crippen LogP contribution in [0.15, 0.2) is 30.1 Å². The van der Waals surface area contributed by atoms with Crippen molar-refractivity contribution in [3.8, 4) is 0 Å². The first kappa shape index (κ1) is 19.1. The number of rotatable bonds is 7. The van der Waals surface area contributed by atoms with Gasteiger partial charge in [0.1, 0.15) is 5.83 Å². The highest BCUT2D eigenvalue weighted by molar-refractivity contribution is 5.61. The summed E-state index contributed by atoms with van der Waals surface area (Å²) in [4.78, 5) is 0. The highest BCUT2D eigenvalue weighted by Crippen LogP contribution is 2.39. The molecule has 0 nitrogen and oxygen atoms in total. The molecule has 2 rings (SSSR count). The Morgan fingerprint density at radius 3 is 2.21 bits per heavy atom. The minimum atomic E-state index is -0.649. The standard InChI is InChI=1S/C22H32F2/c1-4-6-17-7-11-19(12-8-17)21(23)22(24)20-13-9-18(10-14-20)15-16(3)5-2/h9-10,13-14,16-17,19H,4-8,11-12,15H2,1-3H3/b22-21+/t16-,17?,19?/m0/s1. The summed E-state index contributed by atoms with van der Waals surface area (Å²) in [6, 6.07) is 7.34. The van der Waals surface area contributed by atoms with Gasteiger partial charge in [-0.2, -0.15) is 0 Å². The topological polar surface area (TPSA) is 0 Å². The molecule has 0 amide bonds. The molecule has 1 fully saturated rings. The largest absolute Gasteiger partial charge is 0.208 e. The van der Waals surface area contributed by atoms with E-state index in [0.717, 1.165) is 38.5 Å². The van der Waals surface area contributed by atoms with Gasteiger partial charge in [0, 0.05) is 11.5 Å². The zero-order valence-corrected chi connectivity index (χ0v) is 15.5. The molecule has 1 aromatic rings. The number of benzene rings is 1. The van der Waals surface area contributed by atoms with Crippen molar-refractivity contribution in [1.82, 2.24) is 0 Å². The summed E-state index contributed by atoms with van der Waals surface area (Å²) in [5.41, 5.74) is 1.58. The highest BCUT2D eigenvalue weighted by Gasteiger charge is 2.26. The van der Waals surface area contributed by atoms with E-state index in [1.165, 1.54) is 18.4 Å². The first-order valence-corrected chi connectivity index (χ1v) is 9.69. The third-order valence-corrected chi connectivity index (χ3v) is 5.60. The first-order valence-electron chi connectivity index (χ1n) is 9.69. The van der Waals surface area contributed by atoms with Gasteiger partial charge in [0.05, 0.1) is 0 Å². The lowest BCUT2D eigenvalue weighted by atomic mass is 9.79. The van der Waals surface area contributed by atoms with Crippen LogP contribution in [-0.2, 0) is 6.42 Å². The molecule has 1 aliphatic carbocycles. The van der Waals surface area contributed by atoms with E-state index in [4.69, 9.17) is 0 Å². The van der Waals surface area contributed by atoms with E-state index >= 15 is 0 Å². The third-order valence-electron chi connectivity index (χ3n) is 5.60. The van der Waals surface area contributed by atoms with Crippen LogP contribution in [0.4, 0.5) is 8.78 Å². The van der Waals surface area contributed by atoms with Crippen LogP contribution in [0.2, 0.25) is 0 Å². The Balaban J connectivity index is 2.01. The Hall–Kier alpha value is -1.18. The lowest BCUT2D eigenvalue weighted by Gasteiger charge is -2.27. The van der Waals surface area contributed by atoms with E-state index in [1.54, 1.807) is 12.1 Å². The summed E-state index contributed by atoms with van der Waals surface area (Å²) in [6.07, 6.45) is 8.17. The molecule has 0 N–H and O–H groups in total. The quantitative estimate of drug-likeness (QED) is 0.484. The molecular formula is C22H32F2. The van der Waals surface area contributed by atoms with Crippen molar-refractivity contribution in [2.45, 2.75) is 72.1 Å². The fourth-order valence-electron chi connectivity index (χ4n) is 3.76. The molecule has 0 aliphatic heterocycles. The Morgan fingerprint density at radius 1 is 1.04 bits per heavy atom. The average Bonchev–Trinajstić information content (AvgIpc) is 2.62. The minimum absolute atomic E-state index is 0.224. The van der Waals surface area contributed by atoms with Gasteiger partial charge >= 0.3 is 0 Å². The normalized spacial score (nSPS) is 23.7. The summed E-state index contributed by atoms with van der Waals surface area (Å²) in [5.74, 6) is -0.0743. The van der Waals surface area contributed by atoms with Gasteiger partial charge < -0.3 is 0 Å². The van der Waals surface area contributed by atoms with Crippen LogP contribution >= 0.6 is 0 Å². The van der Waals surface area contributed by atoms with Crippen molar-refractivity contribution >= 4 is 5.83 Å². The molecule has 1 atom stereocenters. The van der Waals surface area contributed by atoms with Crippen LogP contribution in [0.3, 0.4) is 0 Å². The van der Waals surface area contributed by atoms with Gasteiger partial charge in [-0.25, -0.2) is 8.78 Å². The van der Waals surface area contributed by atoms with E-state index in [0.29, 0.717) is 17.4 Å². The Kier molecular flexibility index (Phi) is 7.45. The lowest BCUT2D eigenvalue weighted by Crippen LogP contribution is -2.15. The summed E-state index contributed by atoms with van der Waals surface area (Å²) in [7, 11) is 0. The summed E-state index contributed by atoms with van der Waals surface area (Å²) < 4.78 is 29.1. The summed E-state index contributed by atoms with van der Waals surface area (Å²) in [5, 5.41) is 0. The smallest absolute Gasteiger partial charge is 0.162 e. The van der Waals surface area contributed by atoms with E-state index < -0.39 is 11.7 Å². The fourth-order valence-corrected chi connectivity index (χ4v) is 3.76. The molecule has 0 unspecified atom stereocenters. The molecule has 1 aromatic carbocycles. The minimum Gasteiger partial charge on any atom is -0.208 e. The lowest BCUT2D eigenvalue weighted by molar-refractivity contribution is 0.261. The van der Waals surface area contributed by atoms with Gasteiger partial charge in [-0.15, -0.1) is 0 Å². The number of hydrogen-bond acceptors (Lipinski definition) is 0. The molecule has 1 saturated carbocycles. The molecule has 24 heavy (non-hydrogen) atoms. The third kappa shape index (κ3) is 5.16. The van der Waals surface area contributed by atoms with Crippen LogP contribution in [-0.4, -0.2) is 0 Å². The maximum absolute atomic E-state index is 14.6. The first-order chi connectivity index (χ1) is 11.5. The SMILES string of the molecule is CCCC1CCC(/C(F)=C(\F)c2ccc(C[C@@H](C)CC)cc2)CC1. The number of hydrogen-bond donors (Lipinski definition) is 0. The van der Waals surface area contributed by atoms with E-state index in [9.17, 15) is 8.78 Å². The zero-order chi connectivity index (χ0) is 17.5. The van der Waals surface area contributed by atoms with Crippen molar-refractivity contribution in [2.75, 3.05) is 0 Å². The average molecular weight is 334 g/mol. The second-order valence-corrected chi connectivity index (χ2v) is 7.58. The molecule has 2 heteroatoms. The summed E-state index contributed by atoms with van der Waals surface area (Å²) >= 11 is 0. The van der Waals surface area contributed by atoms with Crippen molar-refractivity contribution in [3.63, 3.8) is 0 Å². The molecule has 0 spiro atoms. The number of halogens is 2. The predicted molar refractivity (Wildman–Crippen MR) is 99.1 cm³/mol. The predicted octanol–water partition coefficient (Wildman–Crippen LogP) is 7.49. The molecule has 0 radical (unpaired) electrons. The molecule has 1 aliphatic rings. The van der Waals surface area contributed by atoms with Crippen molar-refractivity contribution in [1.29, 1.82) is 0 Å². The fraction of sp³-hybridized carbons (Fsp3) is 0.636. The highest BCUT2D eigenvalue weighted by atomic mass is 19.2. The monoisotopic (exact) mass is 334 g/mol. The van der Waals surface area contributed by atoms with Gasteiger partial charge in [0.2, 0.25) is 0 Å². The van der Waals surface area contributed by atoms with Gasteiger partial charge in [0.25, 0.3) is 0 Å². The van der Waals surface area contributed by atoms with Gasteiger partial charge in [-0.1, -0.05) is 64.3 Å². The maximum Gasteiger partial charge on any atom is 0.162 e. The Bertz CT molecular complexity index is 521. The van der Waals surface area contributed by atoms with Crippen molar-refractivity contribution in [2.24, 2.45) is 17.8 Å². The molecular weight excluding hydrogens is 302 g/mol. The van der Waals surface area contributed by atoms with Crippen LogP contribution in [0.25, 0.3) is 5.83 Å². The molecule has 134 valence electrons. The van der Waals surface area contributed by atoms with E-state index in [1.807, 2.05) is 12.1 Å². The van der Waals surface area contributed by atoms with Crippen LogP contribution < -0.4 is 0 Å². The molecule has 0 saturated heterocycles. The van der Waals surface area contributed by atoms with Crippen molar-refractivity contribution in [3.05, 3.63) is 41.2 Å². The van der Waals surface area contributed by atoms with Gasteiger partial charge in [-0.05, 0) is 49.5 Å². The van der Waals surface area contributed by atoms with E-state index in [2.05, 4.69) is 20.8 Å². The summed E-state index contributed by atoms with van der Waals surface area (Å²) in [6.45, 7) is 6.58. The Morgan fingerprint density at radius 2 is 1.67 bits per heavy atom. The number of allylic oxidation sites excluding steroid dienone is 1. The Labute approximate surface area is 146 Å². The molecule has 0 aromatic heterocycles. The van der Waals surface area contributed by atoms with E-state index in [-0.39, 0.29) is 5.92 Å². The van der Waals surface area contributed by atoms with Crippen molar-refractivity contribution < 1.29 is 8.78 Å². The zero-order valence-electron chi connectivity index (χ0n) is 15.5. The van der Waals surface area contributed by atoms with Crippen LogP contribution in [0.5, 0.6) is 0 Å². The molecule has 0 bridgehead atoms. The van der Waals surface area contributed by atoms with Gasteiger partial charge in [0.15, 0.2) is 5.83 Å². The second kappa shape index (κ2) is 9.34. The molecule has 0 heterocycles. The second-order valence-electron chi connectivity index (χ2n) is 7.58. The van der Waals surface area contributed by atoms with Gasteiger partial charge in [-0.3, -0.25) is 0 Å². The maximum atomic E-state index is 14.6.